The molecule has 3 aromatic heterocycles. The van der Waals surface area contributed by atoms with Gasteiger partial charge in [-0.1, -0.05) is 5.16 Å². The summed E-state index contributed by atoms with van der Waals surface area (Å²) in [7, 11) is 0. The van der Waals surface area contributed by atoms with Gasteiger partial charge in [0.1, 0.15) is 17.1 Å². The Morgan fingerprint density at radius 3 is 2.79 bits per heavy atom. The van der Waals surface area contributed by atoms with E-state index in [1.54, 1.807) is 12.4 Å². The molecule has 0 aliphatic carbocycles. The normalized spacial score (nSPS) is 10.8. The monoisotopic (exact) mass is 255 g/mol. The van der Waals surface area contributed by atoms with Crippen LogP contribution in [0.3, 0.4) is 0 Å². The molecule has 0 aromatic carbocycles. The van der Waals surface area contributed by atoms with Gasteiger partial charge in [-0.3, -0.25) is 4.98 Å². The van der Waals surface area contributed by atoms with Crippen LogP contribution in [-0.2, 0) is 6.54 Å². The number of hydrogen-bond donors (Lipinski definition) is 1. The van der Waals surface area contributed by atoms with E-state index in [1.807, 2.05) is 26.0 Å². The standard InChI is InChI=1S/C13H13N5O/c1-8-10(9(2)19-18-8)7-16-12-4-3-11-13(17-12)15-6-5-14-11/h3-6H,7H2,1-2H3,(H,15,16,17). The molecule has 0 radical (unpaired) electrons. The summed E-state index contributed by atoms with van der Waals surface area (Å²) in [6, 6.07) is 3.78. The van der Waals surface area contributed by atoms with Gasteiger partial charge in [0.25, 0.3) is 0 Å². The van der Waals surface area contributed by atoms with E-state index in [-0.39, 0.29) is 0 Å². The molecule has 0 saturated heterocycles. The first-order chi connectivity index (χ1) is 9.24. The highest BCUT2D eigenvalue weighted by molar-refractivity contribution is 5.71. The van der Waals surface area contributed by atoms with Gasteiger partial charge in [-0.15, -0.1) is 0 Å². The van der Waals surface area contributed by atoms with Crippen molar-refractivity contribution >= 4 is 17.0 Å². The van der Waals surface area contributed by atoms with E-state index in [4.69, 9.17) is 4.52 Å². The van der Waals surface area contributed by atoms with Gasteiger partial charge in [-0.05, 0) is 26.0 Å². The number of aromatic nitrogens is 4. The third-order valence-corrected chi connectivity index (χ3v) is 2.96. The fourth-order valence-electron chi connectivity index (χ4n) is 1.89. The van der Waals surface area contributed by atoms with Gasteiger partial charge in [-0.2, -0.15) is 0 Å². The van der Waals surface area contributed by atoms with Gasteiger partial charge in [0, 0.05) is 24.5 Å². The summed E-state index contributed by atoms with van der Waals surface area (Å²) in [5.41, 5.74) is 3.36. The van der Waals surface area contributed by atoms with Gasteiger partial charge in [-0.25, -0.2) is 9.97 Å². The Kier molecular flexibility index (Phi) is 2.83. The van der Waals surface area contributed by atoms with Crippen molar-refractivity contribution in [1.82, 2.24) is 20.1 Å². The van der Waals surface area contributed by atoms with E-state index in [9.17, 15) is 0 Å². The average Bonchev–Trinajstić information content (AvgIpc) is 2.76. The molecular formula is C13H13N5O. The second-order valence-electron chi connectivity index (χ2n) is 4.25. The molecule has 0 aliphatic rings. The molecule has 6 heteroatoms. The summed E-state index contributed by atoms with van der Waals surface area (Å²) in [4.78, 5) is 12.8. The zero-order chi connectivity index (χ0) is 13.2. The first kappa shape index (κ1) is 11.6. The number of pyridine rings is 1. The molecule has 1 N–H and O–H groups in total. The van der Waals surface area contributed by atoms with Crippen molar-refractivity contribution < 1.29 is 4.52 Å². The minimum Gasteiger partial charge on any atom is -0.366 e. The number of rotatable bonds is 3. The summed E-state index contributed by atoms with van der Waals surface area (Å²) < 4.78 is 5.12. The lowest BCUT2D eigenvalue weighted by atomic mass is 10.2. The molecule has 96 valence electrons. The van der Waals surface area contributed by atoms with Crippen molar-refractivity contribution in [2.45, 2.75) is 20.4 Å². The highest BCUT2D eigenvalue weighted by Crippen LogP contribution is 2.15. The zero-order valence-corrected chi connectivity index (χ0v) is 10.7. The van der Waals surface area contributed by atoms with Crippen molar-refractivity contribution in [3.8, 4) is 0 Å². The van der Waals surface area contributed by atoms with Crippen LogP contribution in [0.25, 0.3) is 11.2 Å². The molecule has 3 heterocycles. The summed E-state index contributed by atoms with van der Waals surface area (Å²) in [6.07, 6.45) is 3.29. The number of nitrogens with zero attached hydrogens (tertiary/aromatic N) is 4. The SMILES string of the molecule is Cc1noc(C)c1CNc1ccc2nccnc2n1. The lowest BCUT2D eigenvalue weighted by Crippen LogP contribution is -2.03. The molecule has 6 nitrogen and oxygen atoms in total. The fraction of sp³-hybridized carbons (Fsp3) is 0.231. The van der Waals surface area contributed by atoms with Crippen molar-refractivity contribution in [2.24, 2.45) is 0 Å². The lowest BCUT2D eigenvalue weighted by Gasteiger charge is -2.05. The second-order valence-corrected chi connectivity index (χ2v) is 4.25. The Labute approximate surface area is 109 Å². The Bertz CT molecular complexity index is 702. The number of anilines is 1. The van der Waals surface area contributed by atoms with Crippen LogP contribution in [0.15, 0.2) is 29.0 Å². The second kappa shape index (κ2) is 4.64. The van der Waals surface area contributed by atoms with E-state index in [1.165, 1.54) is 0 Å². The number of fused-ring (bicyclic) bond motifs is 1. The van der Waals surface area contributed by atoms with E-state index < -0.39 is 0 Å². The van der Waals surface area contributed by atoms with Crippen molar-refractivity contribution in [3.63, 3.8) is 0 Å². The molecule has 0 unspecified atom stereocenters. The molecule has 0 spiro atoms. The highest BCUT2D eigenvalue weighted by atomic mass is 16.5. The van der Waals surface area contributed by atoms with Crippen LogP contribution in [0.1, 0.15) is 17.0 Å². The first-order valence-electron chi connectivity index (χ1n) is 5.97. The minimum atomic E-state index is 0.625. The summed E-state index contributed by atoms with van der Waals surface area (Å²) in [6.45, 7) is 4.45. The Balaban J connectivity index is 1.82. The maximum absolute atomic E-state index is 5.12. The molecule has 3 aromatic rings. The van der Waals surface area contributed by atoms with E-state index >= 15 is 0 Å². The van der Waals surface area contributed by atoms with Crippen LogP contribution < -0.4 is 5.32 Å². The lowest BCUT2D eigenvalue weighted by molar-refractivity contribution is 0.392. The molecular weight excluding hydrogens is 242 g/mol. The maximum Gasteiger partial charge on any atom is 0.180 e. The van der Waals surface area contributed by atoms with Crippen LogP contribution in [0.4, 0.5) is 5.82 Å². The average molecular weight is 255 g/mol. The van der Waals surface area contributed by atoms with Gasteiger partial charge in [0.05, 0.1) is 5.69 Å². The predicted octanol–water partition coefficient (Wildman–Crippen LogP) is 2.24. The van der Waals surface area contributed by atoms with Gasteiger partial charge in [0.2, 0.25) is 0 Å². The van der Waals surface area contributed by atoms with Gasteiger partial charge in [0.15, 0.2) is 5.65 Å². The van der Waals surface area contributed by atoms with E-state index in [0.717, 1.165) is 28.4 Å². The van der Waals surface area contributed by atoms with Crippen molar-refractivity contribution in [3.05, 3.63) is 41.5 Å². The summed E-state index contributed by atoms with van der Waals surface area (Å²) in [5, 5.41) is 7.16. The van der Waals surface area contributed by atoms with Crippen LogP contribution in [0.5, 0.6) is 0 Å². The number of aryl methyl sites for hydroxylation is 2. The largest absolute Gasteiger partial charge is 0.366 e. The summed E-state index contributed by atoms with van der Waals surface area (Å²) in [5.74, 6) is 1.58. The first-order valence-corrected chi connectivity index (χ1v) is 5.97. The minimum absolute atomic E-state index is 0.625. The molecule has 0 amide bonds. The highest BCUT2D eigenvalue weighted by Gasteiger charge is 2.08. The smallest absolute Gasteiger partial charge is 0.180 e. The van der Waals surface area contributed by atoms with Crippen LogP contribution in [0, 0.1) is 13.8 Å². The van der Waals surface area contributed by atoms with Gasteiger partial charge >= 0.3 is 0 Å². The van der Waals surface area contributed by atoms with Crippen LogP contribution in [0.2, 0.25) is 0 Å². The van der Waals surface area contributed by atoms with Crippen LogP contribution in [-0.4, -0.2) is 20.1 Å². The van der Waals surface area contributed by atoms with Crippen LogP contribution >= 0.6 is 0 Å². The third-order valence-electron chi connectivity index (χ3n) is 2.96. The van der Waals surface area contributed by atoms with Gasteiger partial charge < -0.3 is 9.84 Å². The molecule has 0 fully saturated rings. The number of nitrogens with one attached hydrogen (secondary N) is 1. The van der Waals surface area contributed by atoms with E-state index in [2.05, 4.69) is 25.4 Å². The molecule has 0 saturated carbocycles. The molecule has 3 rings (SSSR count). The summed E-state index contributed by atoms with van der Waals surface area (Å²) >= 11 is 0. The fourth-order valence-corrected chi connectivity index (χ4v) is 1.89. The number of hydrogen-bond acceptors (Lipinski definition) is 6. The Morgan fingerprint density at radius 1 is 1.16 bits per heavy atom. The topological polar surface area (TPSA) is 76.7 Å². The van der Waals surface area contributed by atoms with Crippen molar-refractivity contribution in [2.75, 3.05) is 5.32 Å². The zero-order valence-electron chi connectivity index (χ0n) is 10.7. The third kappa shape index (κ3) is 2.24. The molecule has 0 aliphatic heterocycles. The van der Waals surface area contributed by atoms with E-state index in [0.29, 0.717) is 12.2 Å². The Hall–Kier alpha value is -2.50. The maximum atomic E-state index is 5.12. The predicted molar refractivity (Wildman–Crippen MR) is 70.6 cm³/mol. The molecule has 0 bridgehead atoms. The van der Waals surface area contributed by atoms with Crippen molar-refractivity contribution in [1.29, 1.82) is 0 Å². The molecule has 0 atom stereocenters. The molecule has 19 heavy (non-hydrogen) atoms. The quantitative estimate of drug-likeness (QED) is 0.773. The Morgan fingerprint density at radius 2 is 2.00 bits per heavy atom.